The van der Waals surface area contributed by atoms with Crippen LogP contribution >= 0.6 is 11.6 Å². The molecule has 31 heavy (non-hydrogen) atoms. The molecule has 7 nitrogen and oxygen atoms in total. The monoisotopic (exact) mass is 434 g/mol. The maximum Gasteiger partial charge on any atom is 0.264 e. The molecule has 1 N–H and O–H groups in total. The number of pyridine rings is 2. The van der Waals surface area contributed by atoms with Crippen molar-refractivity contribution in [2.24, 2.45) is 0 Å². The summed E-state index contributed by atoms with van der Waals surface area (Å²) in [5.41, 5.74) is 5.08. The molecule has 0 fully saturated rings. The second-order valence-corrected chi connectivity index (χ2v) is 8.28. The first-order valence-corrected chi connectivity index (χ1v) is 10.9. The minimum atomic E-state index is -0.0276. The van der Waals surface area contributed by atoms with Gasteiger partial charge in [-0.2, -0.15) is 0 Å². The second-order valence-electron chi connectivity index (χ2n) is 7.84. The third kappa shape index (κ3) is 3.49. The van der Waals surface area contributed by atoms with E-state index in [-0.39, 0.29) is 5.56 Å². The van der Waals surface area contributed by atoms with Crippen LogP contribution in [0.5, 0.6) is 0 Å². The van der Waals surface area contributed by atoms with Crippen LogP contribution in [0.2, 0.25) is 5.02 Å². The number of aromatic amines is 1. The Morgan fingerprint density at radius 3 is 2.84 bits per heavy atom. The van der Waals surface area contributed by atoms with Gasteiger partial charge in [-0.15, -0.1) is 0 Å². The number of hydrogen-bond acceptors (Lipinski definition) is 5. The number of aryl methyl sites for hydroxylation is 1. The summed E-state index contributed by atoms with van der Waals surface area (Å²) in [6, 6.07) is 5.87. The van der Waals surface area contributed by atoms with Gasteiger partial charge >= 0.3 is 0 Å². The van der Waals surface area contributed by atoms with Gasteiger partial charge in [-0.1, -0.05) is 17.7 Å². The highest BCUT2D eigenvalue weighted by Gasteiger charge is 2.20. The van der Waals surface area contributed by atoms with Crippen LogP contribution < -0.4 is 10.5 Å². The molecule has 5 heterocycles. The van der Waals surface area contributed by atoms with Crippen LogP contribution in [0.1, 0.15) is 30.2 Å². The average molecular weight is 435 g/mol. The van der Waals surface area contributed by atoms with E-state index in [1.807, 2.05) is 31.3 Å². The van der Waals surface area contributed by atoms with Crippen LogP contribution in [-0.2, 0) is 13.0 Å². The Kier molecular flexibility index (Phi) is 4.98. The number of H-pyrrole nitrogens is 1. The predicted octanol–water partition coefficient (Wildman–Crippen LogP) is 3.96. The van der Waals surface area contributed by atoms with E-state index >= 15 is 0 Å². The van der Waals surface area contributed by atoms with Gasteiger partial charge in [0.2, 0.25) is 5.95 Å². The summed E-state index contributed by atoms with van der Waals surface area (Å²) in [6.45, 7) is 6.52. The van der Waals surface area contributed by atoms with Crippen molar-refractivity contribution < 1.29 is 0 Å². The number of nitrogens with one attached hydrogen (secondary N) is 1. The number of fused-ring (bicyclic) bond motifs is 2. The highest BCUT2D eigenvalue weighted by atomic mass is 35.5. The van der Waals surface area contributed by atoms with Gasteiger partial charge in [-0.3, -0.25) is 14.3 Å². The average Bonchev–Trinajstić information content (AvgIpc) is 3.17. The molecule has 0 saturated heterocycles. The molecule has 4 aromatic rings. The summed E-state index contributed by atoms with van der Waals surface area (Å²) in [5, 5.41) is 1.62. The van der Waals surface area contributed by atoms with Gasteiger partial charge in [0.25, 0.3) is 5.56 Å². The maximum absolute atomic E-state index is 13.1. The normalized spacial score (nSPS) is 13.6. The number of halogens is 1. The largest absolute Gasteiger partial charge is 0.346 e. The molecule has 5 rings (SSSR count). The van der Waals surface area contributed by atoms with Crippen molar-refractivity contribution in [3.05, 3.63) is 69.0 Å². The summed E-state index contributed by atoms with van der Waals surface area (Å²) in [4.78, 5) is 32.1. The molecule has 0 spiro atoms. The van der Waals surface area contributed by atoms with Gasteiger partial charge in [0.15, 0.2) is 0 Å². The van der Waals surface area contributed by atoms with E-state index in [9.17, 15) is 4.79 Å². The van der Waals surface area contributed by atoms with Crippen LogP contribution in [0.15, 0.2) is 41.6 Å². The second kappa shape index (κ2) is 7.81. The topological polar surface area (TPSA) is 79.7 Å². The first-order chi connectivity index (χ1) is 15.0. The predicted molar refractivity (Wildman–Crippen MR) is 123 cm³/mol. The Hall–Kier alpha value is -3.19. The van der Waals surface area contributed by atoms with E-state index < -0.39 is 0 Å². The van der Waals surface area contributed by atoms with Crippen LogP contribution in [0.25, 0.3) is 22.3 Å². The molecule has 1 aliphatic rings. The van der Waals surface area contributed by atoms with Crippen molar-refractivity contribution in [3.63, 3.8) is 0 Å². The van der Waals surface area contributed by atoms with E-state index in [2.05, 4.69) is 26.8 Å². The smallest absolute Gasteiger partial charge is 0.264 e. The molecule has 0 atom stereocenters. The molecule has 1 aliphatic heterocycles. The van der Waals surface area contributed by atoms with Gasteiger partial charge in [0, 0.05) is 55.7 Å². The zero-order valence-corrected chi connectivity index (χ0v) is 18.3. The van der Waals surface area contributed by atoms with Crippen molar-refractivity contribution in [1.82, 2.24) is 24.5 Å². The lowest BCUT2D eigenvalue weighted by molar-refractivity contribution is 0.538. The first kappa shape index (κ1) is 19.8. The quantitative estimate of drug-likeness (QED) is 0.525. The first-order valence-electron chi connectivity index (χ1n) is 10.5. The molecule has 158 valence electrons. The fourth-order valence-electron chi connectivity index (χ4n) is 4.24. The Morgan fingerprint density at radius 1 is 1.16 bits per heavy atom. The Labute approximate surface area is 184 Å². The molecule has 4 aromatic heterocycles. The van der Waals surface area contributed by atoms with Crippen molar-refractivity contribution in [2.75, 3.05) is 18.0 Å². The molecular weight excluding hydrogens is 412 g/mol. The van der Waals surface area contributed by atoms with E-state index in [1.54, 1.807) is 17.0 Å². The van der Waals surface area contributed by atoms with Gasteiger partial charge < -0.3 is 9.88 Å². The van der Waals surface area contributed by atoms with Crippen molar-refractivity contribution >= 4 is 28.6 Å². The Bertz CT molecular complexity index is 1340. The minimum Gasteiger partial charge on any atom is -0.346 e. The molecular formula is C23H23ClN6O. The number of aromatic nitrogens is 5. The molecule has 0 radical (unpaired) electrons. The van der Waals surface area contributed by atoms with E-state index in [4.69, 9.17) is 16.6 Å². The van der Waals surface area contributed by atoms with Gasteiger partial charge in [-0.05, 0) is 43.5 Å². The molecule has 8 heteroatoms. The van der Waals surface area contributed by atoms with Crippen LogP contribution in [0.3, 0.4) is 0 Å². The molecule has 0 unspecified atom stereocenters. The van der Waals surface area contributed by atoms with Crippen LogP contribution in [0, 0.1) is 6.92 Å². The van der Waals surface area contributed by atoms with Crippen molar-refractivity contribution in [2.45, 2.75) is 33.2 Å². The zero-order valence-electron chi connectivity index (χ0n) is 17.5. The van der Waals surface area contributed by atoms with Gasteiger partial charge in [0.1, 0.15) is 5.65 Å². The lowest BCUT2D eigenvalue weighted by atomic mass is 10.0. The number of hydrogen-bond donors (Lipinski definition) is 1. The summed E-state index contributed by atoms with van der Waals surface area (Å²) >= 11 is 6.12. The standard InChI is InChI=1S/C23H23ClN6O/c1-3-29-7-4-8-30-22(31)19(13-27-23(29)30)20-6-5-15(14(2)28-20)9-16-11-25-21-18(16)10-17(24)12-26-21/h5-6,10-13H,3-4,7-9H2,1-2H3,(H,25,26). The van der Waals surface area contributed by atoms with Gasteiger partial charge in [-0.25, -0.2) is 9.97 Å². The van der Waals surface area contributed by atoms with Gasteiger partial charge in [0.05, 0.1) is 16.3 Å². The SMILES string of the molecule is CCN1CCCn2c1ncc(-c1ccc(Cc3c[nH]c4ncc(Cl)cc34)c(C)n1)c2=O. The molecule has 0 saturated carbocycles. The third-order valence-corrected chi connectivity index (χ3v) is 6.14. The number of anilines is 1. The minimum absolute atomic E-state index is 0.0276. The molecule has 0 aromatic carbocycles. The van der Waals surface area contributed by atoms with Crippen molar-refractivity contribution in [3.8, 4) is 11.3 Å². The lowest BCUT2D eigenvalue weighted by Crippen LogP contribution is -2.38. The summed E-state index contributed by atoms with van der Waals surface area (Å²) < 4.78 is 1.77. The number of rotatable bonds is 4. The van der Waals surface area contributed by atoms with E-state index in [1.165, 1.54) is 0 Å². The Morgan fingerprint density at radius 2 is 2.03 bits per heavy atom. The fraction of sp³-hybridized carbons (Fsp3) is 0.304. The summed E-state index contributed by atoms with van der Waals surface area (Å²) in [6.07, 6.45) is 6.91. The lowest BCUT2D eigenvalue weighted by Gasteiger charge is -2.29. The third-order valence-electron chi connectivity index (χ3n) is 5.94. The van der Waals surface area contributed by atoms with Crippen LogP contribution in [0.4, 0.5) is 5.95 Å². The van der Waals surface area contributed by atoms with E-state index in [0.717, 1.165) is 53.3 Å². The maximum atomic E-state index is 13.1. The zero-order chi connectivity index (χ0) is 21.5. The summed E-state index contributed by atoms with van der Waals surface area (Å²) in [7, 11) is 0. The van der Waals surface area contributed by atoms with Crippen molar-refractivity contribution in [1.29, 1.82) is 0 Å². The molecule has 0 aliphatic carbocycles. The molecule has 0 bridgehead atoms. The van der Waals surface area contributed by atoms with Crippen LogP contribution in [-0.4, -0.2) is 37.6 Å². The summed E-state index contributed by atoms with van der Waals surface area (Å²) in [5.74, 6) is 0.752. The number of nitrogens with zero attached hydrogens (tertiary/aromatic N) is 5. The fourth-order valence-corrected chi connectivity index (χ4v) is 4.40. The Balaban J connectivity index is 1.49. The highest BCUT2D eigenvalue weighted by Crippen LogP contribution is 2.25. The van der Waals surface area contributed by atoms with E-state index in [0.29, 0.717) is 29.2 Å². The highest BCUT2D eigenvalue weighted by molar-refractivity contribution is 6.31. The molecule has 0 amide bonds.